The molecule has 0 saturated heterocycles. The van der Waals surface area contributed by atoms with E-state index in [0.29, 0.717) is 0 Å². The average Bonchev–Trinajstić information content (AvgIpc) is 2.37. The third-order valence-corrected chi connectivity index (χ3v) is 1.50. The highest BCUT2D eigenvalue weighted by Gasteiger charge is 1.89. The second kappa shape index (κ2) is 4.09. The zero-order valence-corrected chi connectivity index (χ0v) is 7.30. The summed E-state index contributed by atoms with van der Waals surface area (Å²) >= 11 is 4.05. The van der Waals surface area contributed by atoms with Crippen molar-refractivity contribution in [2.45, 2.75) is 6.42 Å². The number of thiol groups is 1. The van der Waals surface area contributed by atoms with E-state index in [1.807, 2.05) is 13.1 Å². The predicted octanol–water partition coefficient (Wildman–Crippen LogP) is 1.09. The molecule has 1 rings (SSSR count). The quantitative estimate of drug-likeness (QED) is 0.488. The first-order valence-corrected chi connectivity index (χ1v) is 4.05. The Morgan fingerprint density at radius 1 is 1.73 bits per heavy atom. The first-order valence-electron chi connectivity index (χ1n) is 3.42. The van der Waals surface area contributed by atoms with Gasteiger partial charge in [-0.2, -0.15) is 17.7 Å². The normalized spacial score (nSPS) is 8.91. The summed E-state index contributed by atoms with van der Waals surface area (Å²) < 4.78 is 1.76. The average molecular weight is 166 g/mol. The topological polar surface area (TPSA) is 17.8 Å². The smallest absolute Gasteiger partial charge is 0.110 e. The molecule has 0 bridgehead atoms. The van der Waals surface area contributed by atoms with E-state index in [-0.39, 0.29) is 0 Å². The van der Waals surface area contributed by atoms with Gasteiger partial charge >= 0.3 is 0 Å². The van der Waals surface area contributed by atoms with Crippen molar-refractivity contribution in [1.82, 2.24) is 9.78 Å². The SMILES string of the molecule is Cn1nccc1C#CCCS. The molecule has 1 aromatic rings. The molecule has 0 aliphatic carbocycles. The molecule has 11 heavy (non-hydrogen) atoms. The fraction of sp³-hybridized carbons (Fsp3) is 0.375. The van der Waals surface area contributed by atoms with E-state index in [9.17, 15) is 0 Å². The van der Waals surface area contributed by atoms with Crippen LogP contribution in [0.15, 0.2) is 12.3 Å². The Morgan fingerprint density at radius 2 is 2.55 bits per heavy atom. The van der Waals surface area contributed by atoms with Gasteiger partial charge in [0.2, 0.25) is 0 Å². The Kier molecular flexibility index (Phi) is 3.06. The van der Waals surface area contributed by atoms with Crippen LogP contribution >= 0.6 is 12.6 Å². The van der Waals surface area contributed by atoms with Crippen molar-refractivity contribution in [3.63, 3.8) is 0 Å². The third kappa shape index (κ3) is 2.32. The van der Waals surface area contributed by atoms with Crippen LogP contribution in [0.25, 0.3) is 0 Å². The van der Waals surface area contributed by atoms with Gasteiger partial charge in [-0.25, -0.2) is 0 Å². The molecule has 0 aliphatic rings. The standard InChI is InChI=1S/C8H10N2S/c1-10-8(5-6-9-10)4-2-3-7-11/h5-6,11H,3,7H2,1H3. The van der Waals surface area contributed by atoms with Crippen LogP contribution < -0.4 is 0 Å². The lowest BCUT2D eigenvalue weighted by Gasteiger charge is -1.88. The molecule has 0 unspecified atom stereocenters. The van der Waals surface area contributed by atoms with Crippen LogP contribution in [0.5, 0.6) is 0 Å². The molecule has 3 heteroatoms. The summed E-state index contributed by atoms with van der Waals surface area (Å²) in [6, 6.07) is 1.89. The zero-order valence-electron chi connectivity index (χ0n) is 6.41. The highest BCUT2D eigenvalue weighted by atomic mass is 32.1. The van der Waals surface area contributed by atoms with Crippen LogP contribution in [0.2, 0.25) is 0 Å². The van der Waals surface area contributed by atoms with Gasteiger partial charge in [0.25, 0.3) is 0 Å². The maximum atomic E-state index is 4.05. The lowest BCUT2D eigenvalue weighted by atomic mass is 10.4. The van der Waals surface area contributed by atoms with Gasteiger partial charge in [0, 0.05) is 19.2 Å². The summed E-state index contributed by atoms with van der Waals surface area (Å²) in [5, 5.41) is 3.99. The summed E-state index contributed by atoms with van der Waals surface area (Å²) in [4.78, 5) is 0. The molecule has 1 aromatic heterocycles. The lowest BCUT2D eigenvalue weighted by Crippen LogP contribution is -1.92. The van der Waals surface area contributed by atoms with Gasteiger partial charge in [0.15, 0.2) is 0 Å². The molecule has 0 amide bonds. The molecule has 0 aromatic carbocycles. The van der Waals surface area contributed by atoms with Crippen molar-refractivity contribution >= 4 is 12.6 Å². The van der Waals surface area contributed by atoms with Gasteiger partial charge in [0.05, 0.1) is 6.20 Å². The summed E-state index contributed by atoms with van der Waals surface area (Å²) in [6.45, 7) is 0. The number of hydrogen-bond acceptors (Lipinski definition) is 2. The van der Waals surface area contributed by atoms with Gasteiger partial charge in [-0.05, 0) is 12.0 Å². The molecule has 0 spiro atoms. The molecule has 0 fully saturated rings. The number of nitrogens with zero attached hydrogens (tertiary/aromatic N) is 2. The summed E-state index contributed by atoms with van der Waals surface area (Å²) in [5.41, 5.74) is 0.951. The Hall–Kier alpha value is -0.880. The number of hydrogen-bond donors (Lipinski definition) is 1. The highest BCUT2D eigenvalue weighted by Crippen LogP contribution is 1.92. The van der Waals surface area contributed by atoms with E-state index in [4.69, 9.17) is 0 Å². The van der Waals surface area contributed by atoms with E-state index in [0.717, 1.165) is 17.9 Å². The first-order chi connectivity index (χ1) is 5.34. The van der Waals surface area contributed by atoms with E-state index in [1.165, 1.54) is 0 Å². The molecule has 2 nitrogen and oxygen atoms in total. The van der Waals surface area contributed by atoms with Gasteiger partial charge < -0.3 is 0 Å². The van der Waals surface area contributed by atoms with E-state index < -0.39 is 0 Å². The summed E-state index contributed by atoms with van der Waals surface area (Å²) in [6.07, 6.45) is 2.57. The summed E-state index contributed by atoms with van der Waals surface area (Å²) in [7, 11) is 1.88. The fourth-order valence-electron chi connectivity index (χ4n) is 0.706. The Morgan fingerprint density at radius 3 is 3.09 bits per heavy atom. The molecular formula is C8H10N2S. The van der Waals surface area contributed by atoms with E-state index >= 15 is 0 Å². The molecule has 0 radical (unpaired) electrons. The first kappa shape index (κ1) is 8.22. The molecular weight excluding hydrogens is 156 g/mol. The molecule has 1 heterocycles. The monoisotopic (exact) mass is 166 g/mol. The number of aryl methyl sites for hydroxylation is 1. The van der Waals surface area contributed by atoms with Gasteiger partial charge in [-0.15, -0.1) is 0 Å². The van der Waals surface area contributed by atoms with Gasteiger partial charge in [-0.3, -0.25) is 4.68 Å². The largest absolute Gasteiger partial charge is 0.260 e. The van der Waals surface area contributed by atoms with Crippen molar-refractivity contribution in [3.05, 3.63) is 18.0 Å². The molecule has 0 aliphatic heterocycles. The van der Waals surface area contributed by atoms with Crippen molar-refractivity contribution in [3.8, 4) is 11.8 Å². The Bertz CT molecular complexity index is 280. The maximum absolute atomic E-state index is 4.05. The third-order valence-electron chi connectivity index (χ3n) is 1.27. The van der Waals surface area contributed by atoms with E-state index in [1.54, 1.807) is 10.9 Å². The number of aromatic nitrogens is 2. The fourth-order valence-corrected chi connectivity index (χ4v) is 0.817. The molecule has 0 N–H and O–H groups in total. The Labute approximate surface area is 72.0 Å². The second-order valence-electron chi connectivity index (χ2n) is 2.12. The van der Waals surface area contributed by atoms with Crippen LogP contribution in [-0.4, -0.2) is 15.5 Å². The zero-order chi connectivity index (χ0) is 8.10. The van der Waals surface area contributed by atoms with E-state index in [2.05, 4.69) is 29.6 Å². The number of rotatable bonds is 1. The van der Waals surface area contributed by atoms with Crippen LogP contribution in [0.1, 0.15) is 12.1 Å². The summed E-state index contributed by atoms with van der Waals surface area (Å²) in [5.74, 6) is 6.80. The van der Waals surface area contributed by atoms with Gasteiger partial charge in [0.1, 0.15) is 5.69 Å². The van der Waals surface area contributed by atoms with Crippen molar-refractivity contribution in [2.24, 2.45) is 7.05 Å². The Balaban J connectivity index is 2.65. The minimum Gasteiger partial charge on any atom is -0.260 e. The molecule has 0 atom stereocenters. The molecule has 0 saturated carbocycles. The second-order valence-corrected chi connectivity index (χ2v) is 2.56. The lowest BCUT2D eigenvalue weighted by molar-refractivity contribution is 0.757. The van der Waals surface area contributed by atoms with Gasteiger partial charge in [-0.1, -0.05) is 5.92 Å². The predicted molar refractivity (Wildman–Crippen MR) is 48.6 cm³/mol. The van der Waals surface area contributed by atoms with Crippen molar-refractivity contribution < 1.29 is 0 Å². The highest BCUT2D eigenvalue weighted by molar-refractivity contribution is 7.80. The van der Waals surface area contributed by atoms with Crippen LogP contribution in [0, 0.1) is 11.8 Å². The van der Waals surface area contributed by atoms with Crippen molar-refractivity contribution in [1.29, 1.82) is 0 Å². The maximum Gasteiger partial charge on any atom is 0.110 e. The van der Waals surface area contributed by atoms with Crippen LogP contribution in [0.4, 0.5) is 0 Å². The van der Waals surface area contributed by atoms with Crippen LogP contribution in [0.3, 0.4) is 0 Å². The minimum absolute atomic E-state index is 0.810. The van der Waals surface area contributed by atoms with Crippen LogP contribution in [-0.2, 0) is 7.05 Å². The molecule has 58 valence electrons. The van der Waals surface area contributed by atoms with Crippen molar-refractivity contribution in [2.75, 3.05) is 5.75 Å². The minimum atomic E-state index is 0.810.